The van der Waals surface area contributed by atoms with Crippen LogP contribution in [-0.4, -0.2) is 4.57 Å². The van der Waals surface area contributed by atoms with Gasteiger partial charge in [-0.25, -0.2) is 0 Å². The Morgan fingerprint density at radius 1 is 0.475 bits per heavy atom. The monoisotopic (exact) mass is 760 g/mol. The molecule has 0 bridgehead atoms. The van der Waals surface area contributed by atoms with E-state index in [1.807, 2.05) is 12.2 Å². The zero-order valence-corrected chi connectivity index (χ0v) is 34.0. The molecule has 7 aromatic carbocycles. The van der Waals surface area contributed by atoms with E-state index >= 15 is 0 Å². The van der Waals surface area contributed by atoms with E-state index in [0.29, 0.717) is 0 Å². The van der Waals surface area contributed by atoms with Crippen LogP contribution in [0, 0.1) is 5.41 Å². The van der Waals surface area contributed by atoms with Crippen LogP contribution in [0.1, 0.15) is 43.9 Å². The normalized spacial score (nSPS) is 12.9. The largest absolute Gasteiger partial charge is 0.356 e. The summed E-state index contributed by atoms with van der Waals surface area (Å²) < 4.78 is 2.39. The SMILES string of the molecule is C=Cc1ccc(-c2ccc(-n3c4ccc(-c5ccc(C=C)cc5)cc4c4cc(-c5ccc(Nc6ccc(C7=CCC=C(C(C)(C)C)C=C7)cc6)cc5)ccc43)cc2)cc1. The van der Waals surface area contributed by atoms with Gasteiger partial charge < -0.3 is 9.88 Å². The van der Waals surface area contributed by atoms with Gasteiger partial charge in [0, 0.05) is 27.8 Å². The Labute approximate surface area is 348 Å². The lowest BCUT2D eigenvalue weighted by molar-refractivity contribution is 0.515. The van der Waals surface area contributed by atoms with E-state index in [9.17, 15) is 0 Å². The molecular formula is C57H48N2. The van der Waals surface area contributed by atoms with Crippen LogP contribution in [0.15, 0.2) is 201 Å². The van der Waals surface area contributed by atoms with Crippen molar-refractivity contribution in [1.29, 1.82) is 0 Å². The third kappa shape index (κ3) is 7.66. The first-order chi connectivity index (χ1) is 28.7. The van der Waals surface area contributed by atoms with E-state index in [2.05, 4.69) is 226 Å². The van der Waals surface area contributed by atoms with Crippen LogP contribution in [0.25, 0.3) is 78.6 Å². The first-order valence-electron chi connectivity index (χ1n) is 20.5. The fraction of sp³-hybridized carbons (Fsp3) is 0.0877. The molecular weight excluding hydrogens is 713 g/mol. The Bertz CT molecular complexity index is 2920. The fourth-order valence-corrected chi connectivity index (χ4v) is 8.14. The minimum atomic E-state index is 0.146. The van der Waals surface area contributed by atoms with E-state index in [1.165, 1.54) is 71.9 Å². The van der Waals surface area contributed by atoms with Crippen molar-refractivity contribution in [2.75, 3.05) is 5.32 Å². The quantitative estimate of drug-likeness (QED) is 0.155. The van der Waals surface area contributed by atoms with E-state index in [1.54, 1.807) is 0 Å². The van der Waals surface area contributed by atoms with Crippen molar-refractivity contribution in [2.45, 2.75) is 27.2 Å². The topological polar surface area (TPSA) is 17.0 Å². The molecule has 0 spiro atoms. The molecule has 2 nitrogen and oxygen atoms in total. The minimum absolute atomic E-state index is 0.146. The van der Waals surface area contributed by atoms with Crippen LogP contribution in [0.3, 0.4) is 0 Å². The van der Waals surface area contributed by atoms with Gasteiger partial charge in [-0.2, -0.15) is 0 Å². The summed E-state index contributed by atoms with van der Waals surface area (Å²) >= 11 is 0. The first kappa shape index (κ1) is 37.4. The molecule has 0 amide bonds. The highest BCUT2D eigenvalue weighted by atomic mass is 15.0. The molecule has 2 heteroatoms. The number of anilines is 2. The van der Waals surface area contributed by atoms with Crippen LogP contribution < -0.4 is 5.32 Å². The molecule has 1 aromatic heterocycles. The third-order valence-electron chi connectivity index (χ3n) is 11.6. The average Bonchev–Trinajstić information content (AvgIpc) is 3.38. The molecule has 1 aliphatic rings. The molecule has 59 heavy (non-hydrogen) atoms. The third-order valence-corrected chi connectivity index (χ3v) is 11.6. The van der Waals surface area contributed by atoms with Crippen molar-refractivity contribution < 1.29 is 0 Å². The Balaban J connectivity index is 1.02. The molecule has 0 aliphatic heterocycles. The molecule has 1 aliphatic carbocycles. The summed E-state index contributed by atoms with van der Waals surface area (Å²) in [7, 11) is 0. The summed E-state index contributed by atoms with van der Waals surface area (Å²) in [6.07, 6.45) is 13.9. The van der Waals surface area contributed by atoms with Crippen LogP contribution in [-0.2, 0) is 0 Å². The first-order valence-corrected chi connectivity index (χ1v) is 20.5. The number of aromatic nitrogens is 1. The van der Waals surface area contributed by atoms with Crippen LogP contribution >= 0.6 is 0 Å². The van der Waals surface area contributed by atoms with Crippen LogP contribution in [0.2, 0.25) is 0 Å². The van der Waals surface area contributed by atoms with Gasteiger partial charge in [-0.3, -0.25) is 0 Å². The number of nitrogens with zero attached hydrogens (tertiary/aromatic N) is 1. The molecule has 0 radical (unpaired) electrons. The fourth-order valence-electron chi connectivity index (χ4n) is 8.14. The zero-order valence-electron chi connectivity index (χ0n) is 34.0. The Morgan fingerprint density at radius 3 is 1.37 bits per heavy atom. The second-order valence-electron chi connectivity index (χ2n) is 16.4. The molecule has 0 saturated carbocycles. The lowest BCUT2D eigenvalue weighted by Crippen LogP contribution is -2.07. The highest BCUT2D eigenvalue weighted by Crippen LogP contribution is 2.38. The minimum Gasteiger partial charge on any atom is -0.356 e. The Hall–Kier alpha value is -7.16. The van der Waals surface area contributed by atoms with Gasteiger partial charge in [-0.05, 0) is 134 Å². The number of benzene rings is 7. The van der Waals surface area contributed by atoms with Gasteiger partial charge in [-0.15, -0.1) is 0 Å². The Kier molecular flexibility index (Phi) is 9.92. The second-order valence-corrected chi connectivity index (χ2v) is 16.4. The highest BCUT2D eigenvalue weighted by Gasteiger charge is 2.17. The second kappa shape index (κ2) is 15.6. The smallest absolute Gasteiger partial charge is 0.0541 e. The van der Waals surface area contributed by atoms with Gasteiger partial charge >= 0.3 is 0 Å². The van der Waals surface area contributed by atoms with Gasteiger partial charge in [0.25, 0.3) is 0 Å². The zero-order chi connectivity index (χ0) is 40.5. The number of fused-ring (bicyclic) bond motifs is 3. The van der Waals surface area contributed by atoms with E-state index in [-0.39, 0.29) is 5.41 Å². The molecule has 0 saturated heterocycles. The van der Waals surface area contributed by atoms with Crippen molar-refractivity contribution in [3.63, 3.8) is 0 Å². The molecule has 0 unspecified atom stereocenters. The number of rotatable bonds is 9. The lowest BCUT2D eigenvalue weighted by atomic mass is 9.86. The summed E-state index contributed by atoms with van der Waals surface area (Å²) in [4.78, 5) is 0. The number of nitrogens with one attached hydrogen (secondary N) is 1. The highest BCUT2D eigenvalue weighted by molar-refractivity contribution is 6.11. The van der Waals surface area contributed by atoms with Gasteiger partial charge in [0.15, 0.2) is 0 Å². The van der Waals surface area contributed by atoms with Crippen molar-refractivity contribution >= 4 is 50.9 Å². The molecule has 1 heterocycles. The molecule has 9 rings (SSSR count). The van der Waals surface area contributed by atoms with Crippen molar-refractivity contribution in [3.8, 4) is 39.1 Å². The lowest BCUT2D eigenvalue weighted by Gasteiger charge is -2.19. The van der Waals surface area contributed by atoms with E-state index < -0.39 is 0 Å². The molecule has 0 atom stereocenters. The van der Waals surface area contributed by atoms with E-state index in [4.69, 9.17) is 0 Å². The average molecular weight is 761 g/mol. The summed E-state index contributed by atoms with van der Waals surface area (Å²) in [6, 6.07) is 57.3. The molecule has 0 fully saturated rings. The standard InChI is InChI=1S/C57H48N2/c1-6-39-11-15-42(16-12-39)44-24-33-52(34-25-44)59-55-35-26-47(45-17-13-40(7-2)14-18-45)37-53(55)54-38-48(27-36-56(54)59)46-22-31-51(32-23-46)58-50-29-20-43(21-30-50)41-9-8-10-49(28-19-41)57(3,4)5/h6-7,9-38,58H,1-2,8H2,3-5H3. The molecule has 286 valence electrons. The number of allylic oxidation sites excluding steroid dienone is 6. The van der Waals surface area contributed by atoms with Crippen LogP contribution in [0.4, 0.5) is 11.4 Å². The molecule has 1 N–H and O–H groups in total. The number of hydrogen-bond acceptors (Lipinski definition) is 1. The Morgan fingerprint density at radius 2 is 0.898 bits per heavy atom. The van der Waals surface area contributed by atoms with Crippen molar-refractivity contribution in [3.05, 3.63) is 217 Å². The van der Waals surface area contributed by atoms with E-state index in [0.717, 1.165) is 34.6 Å². The van der Waals surface area contributed by atoms with Gasteiger partial charge in [0.2, 0.25) is 0 Å². The van der Waals surface area contributed by atoms with Crippen molar-refractivity contribution in [1.82, 2.24) is 4.57 Å². The van der Waals surface area contributed by atoms with Gasteiger partial charge in [-0.1, -0.05) is 167 Å². The maximum Gasteiger partial charge on any atom is 0.0541 e. The van der Waals surface area contributed by atoms with Crippen molar-refractivity contribution in [2.24, 2.45) is 5.41 Å². The van der Waals surface area contributed by atoms with Gasteiger partial charge in [0.1, 0.15) is 0 Å². The molecule has 8 aromatic rings. The predicted molar refractivity (Wildman–Crippen MR) is 256 cm³/mol. The maximum absolute atomic E-state index is 3.94. The summed E-state index contributed by atoms with van der Waals surface area (Å²) in [5.41, 5.74) is 19.0. The van der Waals surface area contributed by atoms with Gasteiger partial charge in [0.05, 0.1) is 11.0 Å². The summed E-state index contributed by atoms with van der Waals surface area (Å²) in [5.74, 6) is 0. The number of hydrogen-bond donors (Lipinski definition) is 1. The summed E-state index contributed by atoms with van der Waals surface area (Å²) in [5, 5.41) is 6.06. The maximum atomic E-state index is 3.94. The predicted octanol–water partition coefficient (Wildman–Crippen LogP) is 16.1. The van der Waals surface area contributed by atoms with Crippen LogP contribution in [0.5, 0.6) is 0 Å². The summed E-state index contributed by atoms with van der Waals surface area (Å²) in [6.45, 7) is 14.7.